The third kappa shape index (κ3) is 3.71. The minimum atomic E-state index is -0.807. The Bertz CT molecular complexity index is 565. The van der Waals surface area contributed by atoms with Crippen molar-refractivity contribution < 1.29 is 19.4 Å². The highest BCUT2D eigenvalue weighted by atomic mass is 35.5. The van der Waals surface area contributed by atoms with Gasteiger partial charge in [0.15, 0.2) is 0 Å². The first kappa shape index (κ1) is 19.5. The summed E-state index contributed by atoms with van der Waals surface area (Å²) in [5.74, 6) is 0.881. The summed E-state index contributed by atoms with van der Waals surface area (Å²) in [6, 6.07) is 3.31. The van der Waals surface area contributed by atoms with Gasteiger partial charge < -0.3 is 25.2 Å². The number of hydrogen-bond acceptors (Lipinski definition) is 5. The number of hydrogen-bond donors (Lipinski definition) is 2. The average molecular weight is 345 g/mol. The van der Waals surface area contributed by atoms with Crippen molar-refractivity contribution in [3.63, 3.8) is 0 Å². The SMILES string of the molecule is COc1ccc(OC)c2c1CN(C(=O)C(C)C(C)N)CC2O.Cl. The molecule has 130 valence electrons. The molecule has 1 aliphatic heterocycles. The number of ether oxygens (including phenoxy) is 2. The number of amides is 1. The number of nitrogens with zero attached hydrogens (tertiary/aromatic N) is 1. The van der Waals surface area contributed by atoms with Gasteiger partial charge in [-0.15, -0.1) is 12.4 Å². The van der Waals surface area contributed by atoms with E-state index in [-0.39, 0.29) is 36.8 Å². The summed E-state index contributed by atoms with van der Waals surface area (Å²) in [5.41, 5.74) is 7.30. The van der Waals surface area contributed by atoms with Gasteiger partial charge in [-0.05, 0) is 19.1 Å². The van der Waals surface area contributed by atoms with Crippen LogP contribution in [-0.4, -0.2) is 42.7 Å². The Labute approximate surface area is 143 Å². The van der Waals surface area contributed by atoms with E-state index in [1.165, 1.54) is 0 Å². The van der Waals surface area contributed by atoms with Gasteiger partial charge in [0.05, 0.1) is 26.7 Å². The fourth-order valence-electron chi connectivity index (χ4n) is 2.76. The van der Waals surface area contributed by atoms with Crippen molar-refractivity contribution in [1.29, 1.82) is 0 Å². The first-order valence-corrected chi connectivity index (χ1v) is 7.36. The van der Waals surface area contributed by atoms with Gasteiger partial charge in [0.1, 0.15) is 17.6 Å². The molecule has 7 heteroatoms. The van der Waals surface area contributed by atoms with Crippen LogP contribution in [0.25, 0.3) is 0 Å². The standard InChI is InChI=1S/C16H24N2O4.ClH/c1-9(10(2)17)16(20)18-7-11-13(21-3)5-6-14(22-4)15(11)12(19)8-18;/h5-6,9-10,12,19H,7-8,17H2,1-4H3;1H. The van der Waals surface area contributed by atoms with E-state index in [1.54, 1.807) is 45.1 Å². The molecule has 0 fully saturated rings. The van der Waals surface area contributed by atoms with E-state index in [4.69, 9.17) is 15.2 Å². The molecule has 1 aromatic rings. The second kappa shape index (κ2) is 7.86. The lowest BCUT2D eigenvalue weighted by atomic mass is 9.93. The van der Waals surface area contributed by atoms with Crippen LogP contribution in [0.1, 0.15) is 31.1 Å². The maximum atomic E-state index is 12.5. The quantitative estimate of drug-likeness (QED) is 0.864. The topological polar surface area (TPSA) is 85.0 Å². The molecule has 1 heterocycles. The van der Waals surface area contributed by atoms with Crippen LogP contribution in [0.15, 0.2) is 12.1 Å². The van der Waals surface area contributed by atoms with Crippen LogP contribution in [0.5, 0.6) is 11.5 Å². The largest absolute Gasteiger partial charge is 0.496 e. The average Bonchev–Trinajstić information content (AvgIpc) is 2.51. The van der Waals surface area contributed by atoms with E-state index in [0.29, 0.717) is 23.6 Å². The number of aliphatic hydroxyl groups excluding tert-OH is 1. The predicted octanol–water partition coefficient (Wildman–Crippen LogP) is 1.48. The summed E-state index contributed by atoms with van der Waals surface area (Å²) in [4.78, 5) is 14.1. The van der Waals surface area contributed by atoms with Crippen LogP contribution in [0.2, 0.25) is 0 Å². The van der Waals surface area contributed by atoms with Gasteiger partial charge in [-0.25, -0.2) is 0 Å². The van der Waals surface area contributed by atoms with Crippen molar-refractivity contribution in [1.82, 2.24) is 4.90 Å². The number of benzene rings is 1. The number of carbonyl (C=O) groups is 1. The minimum Gasteiger partial charge on any atom is -0.496 e. The van der Waals surface area contributed by atoms with Crippen LogP contribution < -0.4 is 15.2 Å². The van der Waals surface area contributed by atoms with Gasteiger partial charge in [0.25, 0.3) is 0 Å². The molecule has 1 aromatic carbocycles. The summed E-state index contributed by atoms with van der Waals surface area (Å²) >= 11 is 0. The maximum Gasteiger partial charge on any atom is 0.227 e. The van der Waals surface area contributed by atoms with Crippen molar-refractivity contribution in [3.05, 3.63) is 23.3 Å². The number of rotatable bonds is 4. The Morgan fingerprint density at radius 3 is 2.39 bits per heavy atom. The molecule has 0 saturated carbocycles. The van der Waals surface area contributed by atoms with Gasteiger partial charge >= 0.3 is 0 Å². The van der Waals surface area contributed by atoms with Crippen molar-refractivity contribution in [2.75, 3.05) is 20.8 Å². The highest BCUT2D eigenvalue weighted by Crippen LogP contribution is 2.39. The highest BCUT2D eigenvalue weighted by Gasteiger charge is 2.34. The zero-order valence-corrected chi connectivity index (χ0v) is 14.7. The summed E-state index contributed by atoms with van der Waals surface area (Å²) in [6.45, 7) is 4.22. The van der Waals surface area contributed by atoms with E-state index in [1.807, 2.05) is 0 Å². The molecule has 1 amide bonds. The van der Waals surface area contributed by atoms with Gasteiger partial charge in [-0.1, -0.05) is 6.92 Å². The predicted molar refractivity (Wildman–Crippen MR) is 90.0 cm³/mol. The molecular formula is C16H25ClN2O4. The molecule has 3 unspecified atom stereocenters. The third-order valence-electron chi connectivity index (χ3n) is 4.28. The number of fused-ring (bicyclic) bond motifs is 1. The lowest BCUT2D eigenvalue weighted by Crippen LogP contribution is -2.45. The number of halogens is 1. The Kier molecular flexibility index (Phi) is 6.68. The van der Waals surface area contributed by atoms with E-state index in [0.717, 1.165) is 5.56 Å². The Balaban J connectivity index is 0.00000264. The van der Waals surface area contributed by atoms with E-state index in [2.05, 4.69) is 0 Å². The number of carbonyl (C=O) groups excluding carboxylic acids is 1. The van der Waals surface area contributed by atoms with Gasteiger partial charge in [0.2, 0.25) is 5.91 Å². The maximum absolute atomic E-state index is 12.5. The smallest absolute Gasteiger partial charge is 0.227 e. The number of nitrogens with two attached hydrogens (primary N) is 1. The van der Waals surface area contributed by atoms with Crippen LogP contribution in [0.3, 0.4) is 0 Å². The fourth-order valence-corrected chi connectivity index (χ4v) is 2.76. The molecular weight excluding hydrogens is 320 g/mol. The molecule has 23 heavy (non-hydrogen) atoms. The van der Waals surface area contributed by atoms with Gasteiger partial charge in [-0.3, -0.25) is 4.79 Å². The number of methoxy groups -OCH3 is 2. The molecule has 6 nitrogen and oxygen atoms in total. The molecule has 0 aromatic heterocycles. The third-order valence-corrected chi connectivity index (χ3v) is 4.28. The van der Waals surface area contributed by atoms with E-state index < -0.39 is 6.10 Å². The lowest BCUT2D eigenvalue weighted by molar-refractivity contribution is -0.138. The molecule has 0 aliphatic carbocycles. The van der Waals surface area contributed by atoms with Crippen LogP contribution in [-0.2, 0) is 11.3 Å². The fraction of sp³-hybridized carbons (Fsp3) is 0.562. The number of aliphatic hydroxyl groups is 1. The molecule has 0 radical (unpaired) electrons. The minimum absolute atomic E-state index is 0. The molecule has 2 rings (SSSR count). The van der Waals surface area contributed by atoms with Crippen molar-refractivity contribution in [2.45, 2.75) is 32.5 Å². The summed E-state index contributed by atoms with van der Waals surface area (Å²) in [5, 5.41) is 10.5. The second-order valence-electron chi connectivity index (χ2n) is 5.74. The van der Waals surface area contributed by atoms with Gasteiger partial charge in [0, 0.05) is 23.7 Å². The first-order valence-electron chi connectivity index (χ1n) is 7.36. The summed E-state index contributed by atoms with van der Waals surface area (Å²) in [7, 11) is 3.13. The van der Waals surface area contributed by atoms with Crippen LogP contribution in [0, 0.1) is 5.92 Å². The van der Waals surface area contributed by atoms with E-state index >= 15 is 0 Å². The molecule has 0 spiro atoms. The molecule has 0 saturated heterocycles. The molecule has 0 bridgehead atoms. The number of β-amino-alcohol motifs (C(OH)–C–C–N with tert-alkyl or cyclic N) is 1. The normalized spacial score (nSPS) is 19.2. The Morgan fingerprint density at radius 2 is 1.87 bits per heavy atom. The first-order chi connectivity index (χ1) is 10.4. The van der Waals surface area contributed by atoms with Crippen LogP contribution in [0.4, 0.5) is 0 Å². The van der Waals surface area contributed by atoms with Gasteiger partial charge in [-0.2, -0.15) is 0 Å². The molecule has 3 N–H and O–H groups in total. The molecule has 1 aliphatic rings. The summed E-state index contributed by atoms with van der Waals surface area (Å²) < 4.78 is 10.7. The molecule has 3 atom stereocenters. The zero-order chi connectivity index (χ0) is 16.4. The lowest BCUT2D eigenvalue weighted by Gasteiger charge is -2.35. The van der Waals surface area contributed by atoms with Crippen molar-refractivity contribution in [2.24, 2.45) is 11.7 Å². The highest BCUT2D eigenvalue weighted by molar-refractivity contribution is 5.85. The van der Waals surface area contributed by atoms with Crippen molar-refractivity contribution in [3.8, 4) is 11.5 Å². The monoisotopic (exact) mass is 344 g/mol. The zero-order valence-electron chi connectivity index (χ0n) is 13.9. The Morgan fingerprint density at radius 1 is 1.30 bits per heavy atom. The van der Waals surface area contributed by atoms with Crippen LogP contribution >= 0.6 is 12.4 Å². The second-order valence-corrected chi connectivity index (χ2v) is 5.74. The van der Waals surface area contributed by atoms with Crippen molar-refractivity contribution >= 4 is 18.3 Å². The van der Waals surface area contributed by atoms with E-state index in [9.17, 15) is 9.90 Å². The Hall–Kier alpha value is -1.50. The summed E-state index contributed by atoms with van der Waals surface area (Å²) in [6.07, 6.45) is -0.807.